The van der Waals surface area contributed by atoms with Crippen molar-refractivity contribution < 1.29 is 9.63 Å². The van der Waals surface area contributed by atoms with Gasteiger partial charge in [0.05, 0.1) is 6.67 Å². The average molecular weight is 322 g/mol. The molecular formula is C20H22N2O2. The molecule has 24 heavy (non-hydrogen) atoms. The molecule has 1 amide bonds. The third kappa shape index (κ3) is 4.54. The lowest BCUT2D eigenvalue weighted by molar-refractivity contribution is -0.140. The normalized spacial score (nSPS) is 22.8. The summed E-state index contributed by atoms with van der Waals surface area (Å²) in [7, 11) is 0. The number of amides is 1. The van der Waals surface area contributed by atoms with Crippen molar-refractivity contribution in [3.63, 3.8) is 0 Å². The third-order valence-corrected chi connectivity index (χ3v) is 3.84. The van der Waals surface area contributed by atoms with Crippen LogP contribution in [0.25, 0.3) is 0 Å². The van der Waals surface area contributed by atoms with Crippen LogP contribution < -0.4 is 5.32 Å². The zero-order valence-corrected chi connectivity index (χ0v) is 13.6. The van der Waals surface area contributed by atoms with Crippen LogP contribution in [0.2, 0.25) is 0 Å². The van der Waals surface area contributed by atoms with Gasteiger partial charge in [-0.2, -0.15) is 0 Å². The molecule has 4 heteroatoms. The molecule has 1 heterocycles. The number of hydrogen-bond acceptors (Lipinski definition) is 3. The molecule has 124 valence electrons. The Morgan fingerprint density at radius 2 is 2.08 bits per heavy atom. The van der Waals surface area contributed by atoms with Crippen LogP contribution in [-0.2, 0) is 4.84 Å². The molecule has 3 rings (SSSR count). The van der Waals surface area contributed by atoms with Crippen LogP contribution in [0.3, 0.4) is 0 Å². The number of carbonyl (C=O) groups excluding carboxylic acids is 1. The quantitative estimate of drug-likeness (QED) is 0.868. The lowest BCUT2D eigenvalue weighted by Gasteiger charge is -2.26. The van der Waals surface area contributed by atoms with E-state index in [0.717, 1.165) is 12.8 Å². The van der Waals surface area contributed by atoms with Gasteiger partial charge in [-0.05, 0) is 36.6 Å². The van der Waals surface area contributed by atoms with E-state index in [1.54, 1.807) is 12.1 Å². The number of rotatable bonds is 3. The van der Waals surface area contributed by atoms with Crippen LogP contribution in [0.5, 0.6) is 0 Å². The fourth-order valence-corrected chi connectivity index (χ4v) is 2.58. The van der Waals surface area contributed by atoms with Gasteiger partial charge < -0.3 is 0 Å². The van der Waals surface area contributed by atoms with Crippen LogP contribution in [0.15, 0.2) is 78.4 Å². The van der Waals surface area contributed by atoms with Crippen LogP contribution in [0.4, 0.5) is 0 Å². The Labute approximate surface area is 142 Å². The predicted octanol–water partition coefficient (Wildman–Crippen LogP) is 3.38. The maximum Gasteiger partial charge on any atom is 0.278 e. The average Bonchev–Trinajstić information content (AvgIpc) is 2.62. The van der Waals surface area contributed by atoms with Crippen LogP contribution in [-0.4, -0.2) is 30.3 Å². The first-order valence-corrected chi connectivity index (χ1v) is 8.29. The van der Waals surface area contributed by atoms with Crippen LogP contribution >= 0.6 is 0 Å². The lowest BCUT2D eigenvalue weighted by atomic mass is 10.1. The molecule has 0 saturated heterocycles. The molecule has 0 aromatic heterocycles. The summed E-state index contributed by atoms with van der Waals surface area (Å²) in [4.78, 5) is 18.5. The number of carbonyl (C=O) groups is 1. The maximum atomic E-state index is 12.6. The number of benzene rings is 1. The second kappa shape index (κ2) is 8.43. The third-order valence-electron chi connectivity index (χ3n) is 3.84. The Morgan fingerprint density at radius 1 is 1.21 bits per heavy atom. The minimum Gasteiger partial charge on any atom is -0.294 e. The predicted molar refractivity (Wildman–Crippen MR) is 95.1 cm³/mol. The zero-order chi connectivity index (χ0) is 16.6. The van der Waals surface area contributed by atoms with Crippen molar-refractivity contribution in [2.75, 3.05) is 13.2 Å². The Bertz CT molecular complexity index is 674. The number of nitrogens with zero attached hydrogens (tertiary/aromatic N) is 1. The Morgan fingerprint density at radius 3 is 2.88 bits per heavy atom. The second-order valence-electron chi connectivity index (χ2n) is 5.70. The van der Waals surface area contributed by atoms with Gasteiger partial charge in [0.2, 0.25) is 0 Å². The summed E-state index contributed by atoms with van der Waals surface area (Å²) in [6.07, 6.45) is 16.4. The van der Waals surface area contributed by atoms with Gasteiger partial charge in [0, 0.05) is 12.1 Å². The molecule has 1 unspecified atom stereocenters. The number of allylic oxidation sites excluding steroid dienone is 5. The standard InChI is InChI=1S/C20H22N2O2/c23-20(18-10-5-2-6-11-18)22-16-21-15-7-12-19(24-22)14-13-17-8-3-1-4-9-17/h2-3,5-14,19,21H,1,4,15-16H2/b12-7-,14-13?. The molecule has 0 spiro atoms. The highest BCUT2D eigenvalue weighted by atomic mass is 16.7. The molecule has 0 fully saturated rings. The molecule has 0 bridgehead atoms. The SMILES string of the molecule is O=C(c1ccccc1)N1CNC/C=C\C(C=CC2=CCCC=C2)O1. The Balaban J connectivity index is 1.71. The fraction of sp³-hybridized carbons (Fsp3) is 0.250. The molecular weight excluding hydrogens is 300 g/mol. The molecule has 1 aliphatic heterocycles. The van der Waals surface area contributed by atoms with Gasteiger partial charge in [-0.15, -0.1) is 0 Å². The fourth-order valence-electron chi connectivity index (χ4n) is 2.58. The van der Waals surface area contributed by atoms with E-state index in [1.807, 2.05) is 42.5 Å². The molecule has 1 N–H and O–H groups in total. The van der Waals surface area contributed by atoms with Crippen molar-refractivity contribution in [2.24, 2.45) is 0 Å². The zero-order valence-electron chi connectivity index (χ0n) is 13.6. The first-order chi connectivity index (χ1) is 11.8. The Hall–Kier alpha value is -2.43. The summed E-state index contributed by atoms with van der Waals surface area (Å²) in [5, 5.41) is 4.55. The summed E-state index contributed by atoms with van der Waals surface area (Å²) >= 11 is 0. The molecule has 1 aromatic carbocycles. The molecule has 1 aliphatic carbocycles. The largest absolute Gasteiger partial charge is 0.294 e. The smallest absolute Gasteiger partial charge is 0.278 e. The van der Waals surface area contributed by atoms with Crippen LogP contribution in [0, 0.1) is 0 Å². The van der Waals surface area contributed by atoms with E-state index in [1.165, 1.54) is 10.6 Å². The monoisotopic (exact) mass is 322 g/mol. The highest BCUT2D eigenvalue weighted by Crippen LogP contribution is 2.14. The maximum absolute atomic E-state index is 12.6. The lowest BCUT2D eigenvalue weighted by Crippen LogP contribution is -2.42. The summed E-state index contributed by atoms with van der Waals surface area (Å²) in [6, 6.07) is 9.18. The van der Waals surface area contributed by atoms with Gasteiger partial charge in [0.15, 0.2) is 0 Å². The minimum atomic E-state index is -0.268. The van der Waals surface area contributed by atoms with Gasteiger partial charge >= 0.3 is 0 Å². The van der Waals surface area contributed by atoms with E-state index in [4.69, 9.17) is 4.84 Å². The van der Waals surface area contributed by atoms with Crippen molar-refractivity contribution >= 4 is 5.91 Å². The topological polar surface area (TPSA) is 41.6 Å². The van der Waals surface area contributed by atoms with Gasteiger partial charge in [-0.1, -0.05) is 54.7 Å². The Kier molecular flexibility index (Phi) is 5.77. The van der Waals surface area contributed by atoms with E-state index >= 15 is 0 Å². The molecule has 2 aliphatic rings. The van der Waals surface area contributed by atoms with E-state index in [2.05, 4.69) is 23.5 Å². The van der Waals surface area contributed by atoms with Gasteiger partial charge in [0.1, 0.15) is 6.10 Å². The van der Waals surface area contributed by atoms with Gasteiger partial charge in [-0.3, -0.25) is 14.9 Å². The summed E-state index contributed by atoms with van der Waals surface area (Å²) in [5.41, 5.74) is 1.80. The van der Waals surface area contributed by atoms with Crippen molar-refractivity contribution in [1.82, 2.24) is 10.4 Å². The minimum absolute atomic E-state index is 0.145. The van der Waals surface area contributed by atoms with Crippen molar-refractivity contribution in [2.45, 2.75) is 18.9 Å². The van der Waals surface area contributed by atoms with E-state index in [9.17, 15) is 4.79 Å². The first-order valence-electron chi connectivity index (χ1n) is 8.29. The van der Waals surface area contributed by atoms with Gasteiger partial charge in [-0.25, -0.2) is 5.06 Å². The van der Waals surface area contributed by atoms with E-state index < -0.39 is 0 Å². The number of hydroxylamine groups is 2. The van der Waals surface area contributed by atoms with Crippen LogP contribution in [0.1, 0.15) is 23.2 Å². The molecule has 1 aromatic rings. The van der Waals surface area contributed by atoms with Crippen molar-refractivity contribution in [1.29, 1.82) is 0 Å². The summed E-state index contributed by atoms with van der Waals surface area (Å²) < 4.78 is 0. The highest BCUT2D eigenvalue weighted by molar-refractivity contribution is 5.93. The molecule has 0 radical (unpaired) electrons. The highest BCUT2D eigenvalue weighted by Gasteiger charge is 2.19. The molecule has 0 saturated carbocycles. The van der Waals surface area contributed by atoms with E-state index in [-0.39, 0.29) is 12.0 Å². The first kappa shape index (κ1) is 16.4. The second-order valence-corrected chi connectivity index (χ2v) is 5.70. The van der Waals surface area contributed by atoms with Crippen molar-refractivity contribution in [3.8, 4) is 0 Å². The summed E-state index contributed by atoms with van der Waals surface area (Å²) in [6.45, 7) is 1.06. The van der Waals surface area contributed by atoms with Crippen molar-refractivity contribution in [3.05, 3.63) is 84.0 Å². The molecule has 1 atom stereocenters. The number of hydrogen-bond donors (Lipinski definition) is 1. The van der Waals surface area contributed by atoms with Gasteiger partial charge in [0.25, 0.3) is 5.91 Å². The van der Waals surface area contributed by atoms with E-state index in [0.29, 0.717) is 18.8 Å². The number of nitrogens with one attached hydrogen (secondary N) is 1. The summed E-state index contributed by atoms with van der Waals surface area (Å²) in [5.74, 6) is -0.145. The molecule has 4 nitrogen and oxygen atoms in total.